The first-order chi connectivity index (χ1) is 20.3. The van der Waals surface area contributed by atoms with Gasteiger partial charge in [0.2, 0.25) is 10.9 Å². The molecule has 6 rings (SSSR count). The van der Waals surface area contributed by atoms with Crippen molar-refractivity contribution in [2.24, 2.45) is 0 Å². The standard InChI is InChI=1S/C30H18N4O6S2/c35-27-21-5-1-3-7-23(21)31-25(17-9-13-19(14-10-17)33(37)38)29(27)41-42-30-26(18-11-15-20(16-12-18)34(39)40)32-24-8-4-2-6-22(24)28(30)36/h1-16H,(H,31,35)(H,32,36). The second-order valence-electron chi connectivity index (χ2n) is 9.18. The molecule has 12 heteroatoms. The number of nitro benzene ring substituents is 2. The summed E-state index contributed by atoms with van der Waals surface area (Å²) in [5.41, 5.74) is 2.56. The highest BCUT2D eigenvalue weighted by atomic mass is 33.1. The third kappa shape index (κ3) is 4.93. The average Bonchev–Trinajstić information content (AvgIpc) is 3.01. The molecular weight excluding hydrogens is 576 g/mol. The molecule has 0 fully saturated rings. The molecule has 0 unspecified atom stereocenters. The van der Waals surface area contributed by atoms with Crippen molar-refractivity contribution in [3.63, 3.8) is 0 Å². The lowest BCUT2D eigenvalue weighted by molar-refractivity contribution is -0.385. The van der Waals surface area contributed by atoms with E-state index in [2.05, 4.69) is 9.97 Å². The van der Waals surface area contributed by atoms with Crippen LogP contribution in [0.2, 0.25) is 0 Å². The molecule has 42 heavy (non-hydrogen) atoms. The summed E-state index contributed by atoms with van der Waals surface area (Å²) in [5, 5.41) is 23.3. The van der Waals surface area contributed by atoms with Gasteiger partial charge in [-0.05, 0) is 81.2 Å². The highest BCUT2D eigenvalue weighted by Gasteiger charge is 2.20. The molecule has 0 amide bonds. The number of H-pyrrole nitrogens is 2. The number of nitrogens with one attached hydrogen (secondary N) is 2. The Labute approximate surface area is 244 Å². The highest BCUT2D eigenvalue weighted by molar-refractivity contribution is 8.76. The molecule has 0 saturated heterocycles. The van der Waals surface area contributed by atoms with E-state index in [0.717, 1.165) is 21.6 Å². The van der Waals surface area contributed by atoms with Crippen molar-refractivity contribution < 1.29 is 9.85 Å². The fourth-order valence-corrected chi connectivity index (χ4v) is 7.08. The summed E-state index contributed by atoms with van der Waals surface area (Å²) in [4.78, 5) is 56.1. The van der Waals surface area contributed by atoms with Gasteiger partial charge in [-0.3, -0.25) is 29.8 Å². The average molecular weight is 595 g/mol. The summed E-state index contributed by atoms with van der Waals surface area (Å²) in [5.74, 6) is 0. The van der Waals surface area contributed by atoms with Crippen molar-refractivity contribution in [2.45, 2.75) is 9.79 Å². The lowest BCUT2D eigenvalue weighted by Crippen LogP contribution is -2.10. The highest BCUT2D eigenvalue weighted by Crippen LogP contribution is 2.43. The zero-order chi connectivity index (χ0) is 29.4. The number of pyridine rings is 2. The van der Waals surface area contributed by atoms with Crippen LogP contribution in [0.25, 0.3) is 44.3 Å². The molecule has 10 nitrogen and oxygen atoms in total. The van der Waals surface area contributed by atoms with Gasteiger partial charge >= 0.3 is 0 Å². The summed E-state index contributed by atoms with van der Waals surface area (Å²) in [6.07, 6.45) is 0. The quantitative estimate of drug-likeness (QED) is 0.111. The predicted octanol–water partition coefficient (Wildman–Crippen LogP) is 7.32. The first-order valence-electron chi connectivity index (χ1n) is 12.5. The number of non-ortho nitro benzene ring substituents is 2. The van der Waals surface area contributed by atoms with Gasteiger partial charge in [-0.2, -0.15) is 0 Å². The maximum Gasteiger partial charge on any atom is 0.269 e. The molecule has 206 valence electrons. The Kier molecular flexibility index (Phi) is 7.07. The number of para-hydroxylation sites is 2. The molecule has 6 aromatic rings. The molecule has 2 heterocycles. The van der Waals surface area contributed by atoms with Crippen molar-refractivity contribution in [3.8, 4) is 22.5 Å². The molecule has 0 radical (unpaired) electrons. The van der Waals surface area contributed by atoms with Crippen LogP contribution in [0.3, 0.4) is 0 Å². The van der Waals surface area contributed by atoms with E-state index in [1.54, 1.807) is 72.8 Å². The molecule has 0 bridgehead atoms. The number of nitrogens with zero attached hydrogens (tertiary/aromatic N) is 2. The van der Waals surface area contributed by atoms with Crippen LogP contribution < -0.4 is 10.9 Å². The van der Waals surface area contributed by atoms with Crippen LogP contribution in [0, 0.1) is 20.2 Å². The van der Waals surface area contributed by atoms with Crippen LogP contribution in [-0.2, 0) is 0 Å². The number of hydrogen-bond donors (Lipinski definition) is 2. The number of aromatic amines is 2. The van der Waals surface area contributed by atoms with E-state index in [-0.39, 0.29) is 22.2 Å². The minimum absolute atomic E-state index is 0.0825. The van der Waals surface area contributed by atoms with Gasteiger partial charge in [0.05, 0.1) is 31.0 Å². The normalized spacial score (nSPS) is 11.1. The van der Waals surface area contributed by atoms with Gasteiger partial charge in [0.1, 0.15) is 0 Å². The van der Waals surface area contributed by atoms with Gasteiger partial charge in [-0.1, -0.05) is 24.3 Å². The second-order valence-corrected chi connectivity index (χ2v) is 11.3. The zero-order valence-electron chi connectivity index (χ0n) is 21.4. The fraction of sp³-hybridized carbons (Fsp3) is 0. The molecule has 0 atom stereocenters. The van der Waals surface area contributed by atoms with Crippen LogP contribution in [0.1, 0.15) is 0 Å². The summed E-state index contributed by atoms with van der Waals surface area (Å²) in [6.45, 7) is 0. The van der Waals surface area contributed by atoms with Gasteiger partial charge in [0.15, 0.2) is 0 Å². The third-order valence-electron chi connectivity index (χ3n) is 6.67. The van der Waals surface area contributed by atoms with Crippen molar-refractivity contribution in [1.29, 1.82) is 0 Å². The first-order valence-corrected chi connectivity index (χ1v) is 14.6. The number of benzene rings is 4. The number of nitro groups is 2. The first kappa shape index (κ1) is 27.0. The Morgan fingerprint density at radius 1 is 0.524 bits per heavy atom. The number of hydrogen-bond acceptors (Lipinski definition) is 8. The van der Waals surface area contributed by atoms with Crippen LogP contribution >= 0.6 is 21.6 Å². The van der Waals surface area contributed by atoms with Gasteiger partial charge in [0, 0.05) is 46.1 Å². The van der Waals surface area contributed by atoms with E-state index in [9.17, 15) is 29.8 Å². The summed E-state index contributed by atoms with van der Waals surface area (Å²) in [7, 11) is 2.19. The van der Waals surface area contributed by atoms with Crippen LogP contribution in [0.4, 0.5) is 11.4 Å². The second kappa shape index (κ2) is 11.0. The number of fused-ring (bicyclic) bond motifs is 2. The van der Waals surface area contributed by atoms with Crippen molar-refractivity contribution >= 4 is 54.8 Å². The van der Waals surface area contributed by atoms with Crippen molar-refractivity contribution in [2.75, 3.05) is 0 Å². The van der Waals surface area contributed by atoms with E-state index in [1.165, 1.54) is 24.3 Å². The molecule has 0 spiro atoms. The SMILES string of the molecule is O=c1c(SSc2c(-c3ccc([N+](=O)[O-])cc3)[nH]c3ccccc3c2=O)c(-c2ccc([N+](=O)[O-])cc2)[nH]c2ccccc12. The van der Waals surface area contributed by atoms with Crippen molar-refractivity contribution in [3.05, 3.63) is 138 Å². The molecule has 4 aromatic carbocycles. The van der Waals surface area contributed by atoms with E-state index in [1.807, 2.05) is 0 Å². The monoisotopic (exact) mass is 594 g/mol. The largest absolute Gasteiger partial charge is 0.353 e. The number of rotatable bonds is 7. The Hall–Kier alpha value is -5.20. The molecule has 0 aliphatic carbocycles. The summed E-state index contributed by atoms with van der Waals surface area (Å²) >= 11 is 0. The molecular formula is C30H18N4O6S2. The number of aromatic nitrogens is 2. The lowest BCUT2D eigenvalue weighted by Gasteiger charge is -2.13. The summed E-state index contributed by atoms with van der Waals surface area (Å²) < 4.78 is 0. The van der Waals surface area contributed by atoms with Crippen molar-refractivity contribution in [1.82, 2.24) is 9.97 Å². The molecule has 2 aromatic heterocycles. The van der Waals surface area contributed by atoms with Crippen LogP contribution in [0.15, 0.2) is 116 Å². The Balaban J connectivity index is 1.50. The maximum atomic E-state index is 13.8. The Morgan fingerprint density at radius 3 is 1.24 bits per heavy atom. The lowest BCUT2D eigenvalue weighted by atomic mass is 10.1. The summed E-state index contributed by atoms with van der Waals surface area (Å²) in [6, 6.07) is 25.8. The zero-order valence-corrected chi connectivity index (χ0v) is 23.0. The fourth-order valence-electron chi connectivity index (χ4n) is 4.58. The topological polar surface area (TPSA) is 152 Å². The van der Waals surface area contributed by atoms with Crippen LogP contribution in [-0.4, -0.2) is 19.8 Å². The van der Waals surface area contributed by atoms with E-state index in [4.69, 9.17) is 0 Å². The van der Waals surface area contributed by atoms with Gasteiger partial charge in [-0.25, -0.2) is 0 Å². The van der Waals surface area contributed by atoms with Crippen LogP contribution in [0.5, 0.6) is 0 Å². The van der Waals surface area contributed by atoms with E-state index < -0.39 is 9.85 Å². The minimum Gasteiger partial charge on any atom is -0.353 e. The van der Waals surface area contributed by atoms with E-state index in [0.29, 0.717) is 54.1 Å². The van der Waals surface area contributed by atoms with Gasteiger partial charge in [0.25, 0.3) is 11.4 Å². The molecule has 0 saturated carbocycles. The Morgan fingerprint density at radius 2 is 0.881 bits per heavy atom. The molecule has 2 N–H and O–H groups in total. The van der Waals surface area contributed by atoms with Gasteiger partial charge < -0.3 is 9.97 Å². The molecule has 0 aliphatic heterocycles. The van der Waals surface area contributed by atoms with E-state index >= 15 is 0 Å². The maximum absolute atomic E-state index is 13.8. The predicted molar refractivity (Wildman–Crippen MR) is 165 cm³/mol. The van der Waals surface area contributed by atoms with Gasteiger partial charge in [-0.15, -0.1) is 0 Å². The Bertz CT molecular complexity index is 1990. The third-order valence-corrected chi connectivity index (χ3v) is 9.12. The minimum atomic E-state index is -0.496. The smallest absolute Gasteiger partial charge is 0.269 e. The molecule has 0 aliphatic rings.